The number of nitrogens with zero attached hydrogens (tertiary/aromatic N) is 6. The molecule has 1 aromatic rings. The number of rotatable bonds is 12. The number of amides is 1. The highest BCUT2D eigenvalue weighted by Gasteiger charge is 2.51. The maximum absolute atomic E-state index is 14.3. The van der Waals surface area contributed by atoms with Crippen molar-refractivity contribution in [1.29, 1.82) is 0 Å². The van der Waals surface area contributed by atoms with E-state index in [1.54, 1.807) is 4.90 Å². The standard InChI is InChI=1S/C33H54FN7O3/c1-10-38(8)18-26(43-9)17-28(22(3)4)40-20-33(21-40)14-15-39(19-33)30-31(37-36-24(7)35-30)44-29-13-12-25(34)16-27(29)32(42)41(11-2)23(5)6/h12-13,16,22-24,26,28,36H,10-11,14-15,17-21H2,1-9H3/t24?,26-,28+/m0/s1. The first-order valence-electron chi connectivity index (χ1n) is 16.3. The molecule has 3 heterocycles. The maximum atomic E-state index is 14.3. The van der Waals surface area contributed by atoms with Gasteiger partial charge >= 0.3 is 0 Å². The molecule has 246 valence electrons. The topological polar surface area (TPSA) is 85.2 Å². The predicted octanol–water partition coefficient (Wildman–Crippen LogP) is 4.13. The molecule has 1 aromatic carbocycles. The molecule has 2 saturated heterocycles. The molecule has 0 aliphatic carbocycles. The summed E-state index contributed by atoms with van der Waals surface area (Å²) in [6, 6.07) is 4.48. The SMILES string of the molecule is CCN(C)C[C@H](C[C@H](C(C)C)N1CC2(CCN(C3=NC(C)NN=C3Oc3ccc(F)cc3C(=O)N(CC)C(C)C)C2)C1)OC. The molecule has 0 saturated carbocycles. The number of carbonyl (C=O) groups is 1. The van der Waals surface area contributed by atoms with Gasteiger partial charge < -0.3 is 24.2 Å². The fourth-order valence-corrected chi connectivity index (χ4v) is 6.77. The number of hydrogen-bond donors (Lipinski definition) is 1. The van der Waals surface area contributed by atoms with Crippen LogP contribution in [0.1, 0.15) is 71.7 Å². The molecule has 0 bridgehead atoms. The number of hydrazone groups is 1. The Morgan fingerprint density at radius 3 is 2.52 bits per heavy atom. The summed E-state index contributed by atoms with van der Waals surface area (Å²) in [5.41, 5.74) is 3.36. The van der Waals surface area contributed by atoms with Crippen LogP contribution in [0, 0.1) is 17.2 Å². The molecule has 1 N–H and O–H groups in total. The van der Waals surface area contributed by atoms with Crippen LogP contribution in [0.15, 0.2) is 28.3 Å². The van der Waals surface area contributed by atoms with Gasteiger partial charge in [-0.3, -0.25) is 15.1 Å². The molecular formula is C33H54FN7O3. The zero-order valence-corrected chi connectivity index (χ0v) is 28.3. The summed E-state index contributed by atoms with van der Waals surface area (Å²) in [6.45, 7) is 20.8. The van der Waals surface area contributed by atoms with E-state index in [4.69, 9.17) is 14.5 Å². The van der Waals surface area contributed by atoms with Gasteiger partial charge in [-0.15, -0.1) is 5.10 Å². The fourth-order valence-electron chi connectivity index (χ4n) is 6.77. The van der Waals surface area contributed by atoms with E-state index in [1.807, 2.05) is 34.8 Å². The number of benzene rings is 1. The zero-order chi connectivity index (χ0) is 32.2. The van der Waals surface area contributed by atoms with E-state index in [-0.39, 0.29) is 40.9 Å². The van der Waals surface area contributed by atoms with Crippen LogP contribution in [0.5, 0.6) is 5.75 Å². The number of amidine groups is 1. The lowest BCUT2D eigenvalue weighted by atomic mass is 9.76. The van der Waals surface area contributed by atoms with E-state index in [0.717, 1.165) is 52.1 Å². The van der Waals surface area contributed by atoms with E-state index in [0.29, 0.717) is 30.2 Å². The Labute approximate surface area is 263 Å². The minimum absolute atomic E-state index is 0.0357. The molecule has 11 heteroatoms. The van der Waals surface area contributed by atoms with Crippen molar-refractivity contribution in [1.82, 2.24) is 25.0 Å². The van der Waals surface area contributed by atoms with Gasteiger partial charge in [-0.05, 0) is 78.2 Å². The quantitative estimate of drug-likeness (QED) is 0.379. The third kappa shape index (κ3) is 7.72. The molecular weight excluding hydrogens is 561 g/mol. The van der Waals surface area contributed by atoms with Crippen molar-refractivity contribution in [2.24, 2.45) is 21.4 Å². The van der Waals surface area contributed by atoms with Gasteiger partial charge in [0.2, 0.25) is 0 Å². The highest BCUT2D eigenvalue weighted by Crippen LogP contribution is 2.42. The molecule has 1 spiro atoms. The smallest absolute Gasteiger partial charge is 0.279 e. The monoisotopic (exact) mass is 615 g/mol. The van der Waals surface area contributed by atoms with E-state index in [9.17, 15) is 9.18 Å². The van der Waals surface area contributed by atoms with Gasteiger partial charge in [-0.25, -0.2) is 9.38 Å². The van der Waals surface area contributed by atoms with E-state index >= 15 is 0 Å². The molecule has 1 amide bonds. The predicted molar refractivity (Wildman–Crippen MR) is 174 cm³/mol. The summed E-state index contributed by atoms with van der Waals surface area (Å²) in [5, 5.41) is 4.51. The van der Waals surface area contributed by atoms with Crippen LogP contribution in [-0.2, 0) is 4.74 Å². The van der Waals surface area contributed by atoms with Crippen molar-refractivity contribution in [3.8, 4) is 5.75 Å². The van der Waals surface area contributed by atoms with E-state index < -0.39 is 5.82 Å². The molecule has 0 aromatic heterocycles. The van der Waals surface area contributed by atoms with Crippen molar-refractivity contribution in [3.05, 3.63) is 29.6 Å². The lowest BCUT2D eigenvalue weighted by Gasteiger charge is -2.53. The second-order valence-corrected chi connectivity index (χ2v) is 13.4. The number of ether oxygens (including phenoxy) is 2. The largest absolute Gasteiger partial charge is 0.434 e. The van der Waals surface area contributed by atoms with Crippen molar-refractivity contribution >= 4 is 17.6 Å². The molecule has 3 aliphatic rings. The Bertz CT molecular complexity index is 1200. The van der Waals surface area contributed by atoms with Crippen LogP contribution < -0.4 is 10.2 Å². The molecule has 44 heavy (non-hydrogen) atoms. The van der Waals surface area contributed by atoms with Crippen molar-refractivity contribution in [2.45, 2.75) is 85.7 Å². The maximum Gasteiger partial charge on any atom is 0.279 e. The Morgan fingerprint density at radius 2 is 1.91 bits per heavy atom. The number of aliphatic imine (C=N–C) groups is 1. The Hall–Kier alpha value is -2.76. The first kappa shape index (κ1) is 34.1. The number of likely N-dealkylation sites (N-methyl/N-ethyl adjacent to an activating group) is 1. The van der Waals surface area contributed by atoms with Gasteiger partial charge in [0.1, 0.15) is 17.7 Å². The van der Waals surface area contributed by atoms with Crippen LogP contribution in [0.25, 0.3) is 0 Å². The van der Waals surface area contributed by atoms with Crippen LogP contribution in [0.2, 0.25) is 0 Å². The number of methoxy groups -OCH3 is 1. The minimum Gasteiger partial charge on any atom is -0.434 e. The van der Waals surface area contributed by atoms with Crippen LogP contribution in [0.3, 0.4) is 0 Å². The van der Waals surface area contributed by atoms with Crippen molar-refractivity contribution < 1.29 is 18.7 Å². The summed E-state index contributed by atoms with van der Waals surface area (Å²) >= 11 is 0. The summed E-state index contributed by atoms with van der Waals surface area (Å²) in [7, 11) is 3.98. The first-order valence-corrected chi connectivity index (χ1v) is 16.3. The van der Waals surface area contributed by atoms with Crippen LogP contribution in [-0.4, -0.2) is 122 Å². The lowest BCUT2D eigenvalue weighted by Crippen LogP contribution is -2.62. The summed E-state index contributed by atoms with van der Waals surface area (Å²) in [5.74, 6) is 1.00. The van der Waals surface area contributed by atoms with Crippen LogP contribution in [0.4, 0.5) is 4.39 Å². The summed E-state index contributed by atoms with van der Waals surface area (Å²) in [6.07, 6.45) is 2.08. The van der Waals surface area contributed by atoms with Gasteiger partial charge in [0.15, 0.2) is 5.84 Å². The molecule has 10 nitrogen and oxygen atoms in total. The molecule has 1 unspecified atom stereocenters. The molecule has 0 radical (unpaired) electrons. The lowest BCUT2D eigenvalue weighted by molar-refractivity contribution is -0.0565. The Kier molecular flexibility index (Phi) is 11.3. The van der Waals surface area contributed by atoms with Gasteiger partial charge in [0, 0.05) is 63.9 Å². The highest BCUT2D eigenvalue weighted by molar-refractivity contribution is 6.38. The second-order valence-electron chi connectivity index (χ2n) is 13.4. The summed E-state index contributed by atoms with van der Waals surface area (Å²) in [4.78, 5) is 27.2. The third-order valence-corrected chi connectivity index (χ3v) is 9.41. The number of hydrogen-bond acceptors (Lipinski definition) is 9. The van der Waals surface area contributed by atoms with Crippen molar-refractivity contribution in [3.63, 3.8) is 0 Å². The van der Waals surface area contributed by atoms with Gasteiger partial charge in [-0.1, -0.05) is 20.8 Å². The molecule has 3 atom stereocenters. The van der Waals surface area contributed by atoms with E-state index in [2.05, 4.69) is 53.0 Å². The average molecular weight is 616 g/mol. The fraction of sp³-hybridized carbons (Fsp3) is 0.727. The number of halogens is 1. The number of carbonyl (C=O) groups excluding carboxylic acids is 1. The Balaban J connectivity index is 1.46. The molecule has 2 fully saturated rings. The van der Waals surface area contributed by atoms with Gasteiger partial charge in [0.05, 0.1) is 11.7 Å². The highest BCUT2D eigenvalue weighted by atomic mass is 19.1. The molecule has 4 rings (SSSR count). The number of likely N-dealkylation sites (tertiary alicyclic amines) is 2. The molecule has 3 aliphatic heterocycles. The minimum atomic E-state index is -0.489. The summed E-state index contributed by atoms with van der Waals surface area (Å²) < 4.78 is 26.5. The van der Waals surface area contributed by atoms with E-state index in [1.165, 1.54) is 18.2 Å². The first-order chi connectivity index (χ1) is 20.9. The zero-order valence-electron chi connectivity index (χ0n) is 28.3. The van der Waals surface area contributed by atoms with Crippen molar-refractivity contribution in [2.75, 3.05) is 60.0 Å². The normalized spacial score (nSPS) is 21.3. The third-order valence-electron chi connectivity index (χ3n) is 9.41. The second kappa shape index (κ2) is 14.6. The Morgan fingerprint density at radius 1 is 1.18 bits per heavy atom. The average Bonchev–Trinajstić information content (AvgIpc) is 3.42. The van der Waals surface area contributed by atoms with Crippen LogP contribution >= 0.6 is 0 Å². The van der Waals surface area contributed by atoms with Gasteiger partial charge in [0.25, 0.3) is 11.8 Å². The van der Waals surface area contributed by atoms with Gasteiger partial charge in [-0.2, -0.15) is 0 Å². The number of nitrogens with one attached hydrogen (secondary N) is 1.